The molecule has 0 fully saturated rings. The minimum Gasteiger partial charge on any atom is -0.461 e. The standard InChI is InChI=1S/C15H14O4/c1-10-12(14(17)8-7-13(10)16)9-19-15(18)11-5-3-2-4-6-11/h2-8,12,14,17H,1,9H2/t12-,14-/m1/s1. The summed E-state index contributed by atoms with van der Waals surface area (Å²) >= 11 is 0. The van der Waals surface area contributed by atoms with E-state index in [1.54, 1.807) is 30.3 Å². The Morgan fingerprint density at radius 1 is 1.32 bits per heavy atom. The lowest BCUT2D eigenvalue weighted by atomic mass is 9.87. The zero-order valence-corrected chi connectivity index (χ0v) is 10.3. The van der Waals surface area contributed by atoms with Gasteiger partial charge in [-0.2, -0.15) is 0 Å². The highest BCUT2D eigenvalue weighted by molar-refractivity contribution is 6.05. The van der Waals surface area contributed by atoms with Crippen molar-refractivity contribution in [2.24, 2.45) is 5.92 Å². The van der Waals surface area contributed by atoms with Crippen LogP contribution >= 0.6 is 0 Å². The SMILES string of the molecule is C=C1C(=O)C=C[C@@H](O)[C@@H]1COC(=O)c1ccccc1. The number of aliphatic hydroxyl groups excluding tert-OH is 1. The van der Waals surface area contributed by atoms with E-state index >= 15 is 0 Å². The van der Waals surface area contributed by atoms with Crippen LogP contribution in [0.5, 0.6) is 0 Å². The molecule has 1 aliphatic carbocycles. The Morgan fingerprint density at radius 3 is 2.68 bits per heavy atom. The number of benzene rings is 1. The fourth-order valence-electron chi connectivity index (χ4n) is 1.84. The van der Waals surface area contributed by atoms with Crippen LogP contribution in [0.15, 0.2) is 54.6 Å². The Hall–Kier alpha value is -2.20. The summed E-state index contributed by atoms with van der Waals surface area (Å²) in [5.41, 5.74) is 0.691. The van der Waals surface area contributed by atoms with Crippen LogP contribution in [0.1, 0.15) is 10.4 Å². The van der Waals surface area contributed by atoms with Crippen molar-refractivity contribution >= 4 is 11.8 Å². The summed E-state index contributed by atoms with van der Waals surface area (Å²) in [6, 6.07) is 8.54. The van der Waals surface area contributed by atoms with Gasteiger partial charge in [-0.25, -0.2) is 4.79 Å². The number of hydrogen-bond acceptors (Lipinski definition) is 4. The fraction of sp³-hybridized carbons (Fsp3) is 0.200. The molecule has 1 aliphatic rings. The van der Waals surface area contributed by atoms with Gasteiger partial charge in [-0.3, -0.25) is 4.79 Å². The monoisotopic (exact) mass is 258 g/mol. The maximum Gasteiger partial charge on any atom is 0.338 e. The summed E-state index contributed by atoms with van der Waals surface area (Å²) in [7, 11) is 0. The number of esters is 1. The van der Waals surface area contributed by atoms with Crippen molar-refractivity contribution in [1.29, 1.82) is 0 Å². The Labute approximate surface area is 111 Å². The molecule has 98 valence electrons. The van der Waals surface area contributed by atoms with Gasteiger partial charge in [0.1, 0.15) is 6.61 Å². The molecule has 0 aromatic heterocycles. The first-order chi connectivity index (χ1) is 9.09. The van der Waals surface area contributed by atoms with Crippen LogP contribution in [0, 0.1) is 5.92 Å². The lowest BCUT2D eigenvalue weighted by Gasteiger charge is -2.24. The molecule has 0 spiro atoms. The summed E-state index contributed by atoms with van der Waals surface area (Å²) in [4.78, 5) is 23.2. The van der Waals surface area contributed by atoms with E-state index in [1.165, 1.54) is 12.2 Å². The molecule has 1 aromatic carbocycles. The summed E-state index contributed by atoms with van der Waals surface area (Å²) in [5, 5.41) is 9.75. The minimum atomic E-state index is -0.853. The third-order valence-corrected chi connectivity index (χ3v) is 3.02. The first-order valence-corrected chi connectivity index (χ1v) is 5.91. The van der Waals surface area contributed by atoms with E-state index in [0.29, 0.717) is 5.56 Å². The van der Waals surface area contributed by atoms with Crippen molar-refractivity contribution in [2.45, 2.75) is 6.10 Å². The average Bonchev–Trinajstić information content (AvgIpc) is 2.44. The van der Waals surface area contributed by atoms with Gasteiger partial charge in [0, 0.05) is 5.57 Å². The summed E-state index contributed by atoms with van der Waals surface area (Å²) in [6.07, 6.45) is 1.81. The number of aliphatic hydroxyl groups is 1. The molecular weight excluding hydrogens is 244 g/mol. The zero-order chi connectivity index (χ0) is 13.8. The smallest absolute Gasteiger partial charge is 0.338 e. The molecule has 0 saturated carbocycles. The molecule has 1 aromatic rings. The molecule has 0 radical (unpaired) electrons. The van der Waals surface area contributed by atoms with Gasteiger partial charge in [0.05, 0.1) is 17.6 Å². The maximum absolute atomic E-state index is 11.7. The highest BCUT2D eigenvalue weighted by Crippen LogP contribution is 2.22. The molecule has 2 rings (SSSR count). The predicted molar refractivity (Wildman–Crippen MR) is 69.5 cm³/mol. The second-order valence-corrected chi connectivity index (χ2v) is 4.31. The van der Waals surface area contributed by atoms with E-state index in [-0.39, 0.29) is 18.0 Å². The summed E-state index contributed by atoms with van der Waals surface area (Å²) in [5.74, 6) is -1.31. The normalized spacial score (nSPS) is 22.4. The zero-order valence-electron chi connectivity index (χ0n) is 10.3. The maximum atomic E-state index is 11.7. The Bertz CT molecular complexity index is 530. The van der Waals surface area contributed by atoms with Gasteiger partial charge in [0.25, 0.3) is 0 Å². The number of rotatable bonds is 3. The molecule has 4 nitrogen and oxygen atoms in total. The molecule has 0 saturated heterocycles. The van der Waals surface area contributed by atoms with E-state index in [0.717, 1.165) is 0 Å². The van der Waals surface area contributed by atoms with Gasteiger partial charge in [0.15, 0.2) is 5.78 Å². The second-order valence-electron chi connectivity index (χ2n) is 4.31. The number of hydrogen-bond donors (Lipinski definition) is 1. The number of carbonyl (C=O) groups excluding carboxylic acids is 2. The van der Waals surface area contributed by atoms with Gasteiger partial charge in [0.2, 0.25) is 0 Å². The molecular formula is C15H14O4. The Balaban J connectivity index is 1.99. The average molecular weight is 258 g/mol. The van der Waals surface area contributed by atoms with Crippen LogP contribution in [0.4, 0.5) is 0 Å². The van der Waals surface area contributed by atoms with Gasteiger partial charge in [-0.05, 0) is 18.2 Å². The van der Waals surface area contributed by atoms with Crippen LogP contribution < -0.4 is 0 Å². The number of ether oxygens (including phenoxy) is 1. The third-order valence-electron chi connectivity index (χ3n) is 3.02. The molecule has 2 atom stereocenters. The second kappa shape index (κ2) is 5.63. The molecule has 19 heavy (non-hydrogen) atoms. The first kappa shape index (κ1) is 13.2. The van der Waals surface area contributed by atoms with Crippen molar-refractivity contribution in [2.75, 3.05) is 6.61 Å². The molecule has 0 aliphatic heterocycles. The third kappa shape index (κ3) is 2.98. The lowest BCUT2D eigenvalue weighted by molar-refractivity contribution is -0.113. The number of allylic oxidation sites excluding steroid dienone is 1. The van der Waals surface area contributed by atoms with Gasteiger partial charge in [-0.1, -0.05) is 30.9 Å². The van der Waals surface area contributed by atoms with E-state index in [4.69, 9.17) is 4.74 Å². The first-order valence-electron chi connectivity index (χ1n) is 5.91. The largest absolute Gasteiger partial charge is 0.461 e. The molecule has 1 N–H and O–H groups in total. The van der Waals surface area contributed by atoms with Gasteiger partial charge < -0.3 is 9.84 Å². The predicted octanol–water partition coefficient (Wildman–Crippen LogP) is 1.52. The summed E-state index contributed by atoms with van der Waals surface area (Å²) < 4.78 is 5.11. The van der Waals surface area contributed by atoms with Crippen molar-refractivity contribution in [3.63, 3.8) is 0 Å². The van der Waals surface area contributed by atoms with Crippen LogP contribution in [0.3, 0.4) is 0 Å². The highest BCUT2D eigenvalue weighted by atomic mass is 16.5. The molecule has 0 unspecified atom stereocenters. The van der Waals surface area contributed by atoms with Crippen LogP contribution in [0.2, 0.25) is 0 Å². The summed E-state index contributed by atoms with van der Waals surface area (Å²) in [6.45, 7) is 3.56. The highest BCUT2D eigenvalue weighted by Gasteiger charge is 2.29. The number of carbonyl (C=O) groups is 2. The molecule has 4 heteroatoms. The van der Waals surface area contributed by atoms with Crippen molar-refractivity contribution in [3.05, 3.63) is 60.2 Å². The van der Waals surface area contributed by atoms with E-state index in [1.807, 2.05) is 0 Å². The topological polar surface area (TPSA) is 63.6 Å². The van der Waals surface area contributed by atoms with Crippen LogP contribution in [-0.4, -0.2) is 29.6 Å². The molecule has 0 bridgehead atoms. The van der Waals surface area contributed by atoms with Gasteiger partial charge >= 0.3 is 5.97 Å². The Kier molecular flexibility index (Phi) is 3.92. The van der Waals surface area contributed by atoms with Crippen molar-refractivity contribution < 1.29 is 19.4 Å². The minimum absolute atomic E-state index is 0.0657. The van der Waals surface area contributed by atoms with Gasteiger partial charge in [-0.15, -0.1) is 0 Å². The van der Waals surface area contributed by atoms with Crippen molar-refractivity contribution in [3.8, 4) is 0 Å². The van der Waals surface area contributed by atoms with E-state index < -0.39 is 18.0 Å². The number of ketones is 1. The quantitative estimate of drug-likeness (QED) is 0.659. The Morgan fingerprint density at radius 2 is 2.00 bits per heavy atom. The molecule has 0 amide bonds. The van der Waals surface area contributed by atoms with E-state index in [2.05, 4.69) is 6.58 Å². The fourth-order valence-corrected chi connectivity index (χ4v) is 1.84. The molecule has 0 heterocycles. The van der Waals surface area contributed by atoms with Crippen LogP contribution in [0.25, 0.3) is 0 Å². The van der Waals surface area contributed by atoms with Crippen LogP contribution in [-0.2, 0) is 9.53 Å². The lowest BCUT2D eigenvalue weighted by Crippen LogP contribution is -2.32. The van der Waals surface area contributed by atoms with Crippen molar-refractivity contribution in [1.82, 2.24) is 0 Å². The van der Waals surface area contributed by atoms with E-state index in [9.17, 15) is 14.7 Å².